The number of benzene rings is 1. The van der Waals surface area contributed by atoms with Crippen LogP contribution in [0.1, 0.15) is 35.8 Å². The number of carbonyl (C=O) groups excluding carboxylic acids is 1. The molecule has 0 N–H and O–H groups in total. The van der Waals surface area contributed by atoms with Gasteiger partial charge in [-0.2, -0.15) is 0 Å². The predicted octanol–water partition coefficient (Wildman–Crippen LogP) is 2.53. The average molecular weight is 366 g/mol. The van der Waals surface area contributed by atoms with Crippen molar-refractivity contribution in [2.45, 2.75) is 38.3 Å². The number of piperidine rings is 1. The van der Waals surface area contributed by atoms with E-state index in [9.17, 15) is 4.79 Å². The second-order valence-corrected chi connectivity index (χ2v) is 7.38. The molecule has 0 aliphatic carbocycles. The minimum absolute atomic E-state index is 0.0983. The zero-order valence-corrected chi connectivity index (χ0v) is 16.0. The molecule has 142 valence electrons. The van der Waals surface area contributed by atoms with Crippen LogP contribution in [0, 0.1) is 6.92 Å². The maximum atomic E-state index is 13.1. The van der Waals surface area contributed by atoms with Crippen molar-refractivity contribution >= 4 is 11.7 Å². The highest BCUT2D eigenvalue weighted by atomic mass is 16.5. The van der Waals surface area contributed by atoms with Gasteiger partial charge < -0.3 is 14.5 Å². The fourth-order valence-electron chi connectivity index (χ4n) is 4.06. The van der Waals surface area contributed by atoms with Gasteiger partial charge in [-0.1, -0.05) is 24.3 Å². The third-order valence-corrected chi connectivity index (χ3v) is 5.69. The van der Waals surface area contributed by atoms with Crippen molar-refractivity contribution < 1.29 is 9.53 Å². The molecule has 4 rings (SSSR count). The molecular formula is C21H26N4O2. The molecule has 6 nitrogen and oxygen atoms in total. The first kappa shape index (κ1) is 17.9. The van der Waals surface area contributed by atoms with Gasteiger partial charge in [0, 0.05) is 37.9 Å². The number of carbonyl (C=O) groups is 1. The van der Waals surface area contributed by atoms with Crippen LogP contribution in [0.3, 0.4) is 0 Å². The van der Waals surface area contributed by atoms with E-state index in [1.807, 2.05) is 36.1 Å². The number of anilines is 1. The smallest absolute Gasteiger partial charge is 0.256 e. The molecule has 27 heavy (non-hydrogen) atoms. The molecule has 3 heterocycles. The maximum absolute atomic E-state index is 13.1. The van der Waals surface area contributed by atoms with Crippen LogP contribution in [0.4, 0.5) is 5.82 Å². The van der Waals surface area contributed by atoms with Crippen molar-refractivity contribution in [2.24, 2.45) is 0 Å². The fourth-order valence-corrected chi connectivity index (χ4v) is 4.06. The molecule has 1 aromatic heterocycles. The largest absolute Gasteiger partial charge is 0.363 e. The van der Waals surface area contributed by atoms with E-state index < -0.39 is 6.10 Å². The molecule has 2 aliphatic heterocycles. The fraction of sp³-hybridized carbons (Fsp3) is 0.476. The van der Waals surface area contributed by atoms with Crippen LogP contribution in [-0.2, 0) is 16.0 Å². The number of aromatic nitrogens is 2. The minimum Gasteiger partial charge on any atom is -0.363 e. The summed E-state index contributed by atoms with van der Waals surface area (Å²) in [6.45, 7) is 4.09. The van der Waals surface area contributed by atoms with Crippen molar-refractivity contribution in [1.82, 2.24) is 14.9 Å². The molecule has 6 heteroatoms. The predicted molar refractivity (Wildman–Crippen MR) is 104 cm³/mol. The quantitative estimate of drug-likeness (QED) is 0.835. The molecular weight excluding hydrogens is 340 g/mol. The summed E-state index contributed by atoms with van der Waals surface area (Å²) in [5.41, 5.74) is 3.23. The summed E-state index contributed by atoms with van der Waals surface area (Å²) in [6, 6.07) is 10.5. The summed E-state index contributed by atoms with van der Waals surface area (Å²) in [4.78, 5) is 25.8. The number of hydrogen-bond donors (Lipinski definition) is 0. The van der Waals surface area contributed by atoms with E-state index in [0.717, 1.165) is 49.4 Å². The zero-order valence-electron chi connectivity index (χ0n) is 16.0. The molecule has 1 saturated heterocycles. The molecule has 0 radical (unpaired) electrons. The Kier molecular flexibility index (Phi) is 5.07. The standard InChI is InChI=1S/C21H26N4O2/c1-15-13-19(23-14-22-15)24(2)17-7-10-25(11-8-17)21(26)20-18-6-4-3-5-16(18)9-12-27-20/h3-6,13-14,17,20H,7-12H2,1-2H3. The molecule has 0 spiro atoms. The molecule has 2 aliphatic rings. The normalized spacial score (nSPS) is 20.2. The van der Waals surface area contributed by atoms with Gasteiger partial charge in [-0.3, -0.25) is 4.79 Å². The third kappa shape index (κ3) is 3.67. The highest BCUT2D eigenvalue weighted by molar-refractivity contribution is 5.83. The first-order chi connectivity index (χ1) is 13.1. The van der Waals surface area contributed by atoms with Gasteiger partial charge in [0.2, 0.25) is 0 Å². The average Bonchev–Trinajstić information content (AvgIpc) is 2.72. The van der Waals surface area contributed by atoms with Crippen LogP contribution in [0.5, 0.6) is 0 Å². The van der Waals surface area contributed by atoms with E-state index >= 15 is 0 Å². The van der Waals surface area contributed by atoms with Gasteiger partial charge in [-0.05, 0) is 37.3 Å². The highest BCUT2D eigenvalue weighted by Gasteiger charge is 2.33. The zero-order chi connectivity index (χ0) is 18.8. The summed E-state index contributed by atoms with van der Waals surface area (Å²) in [6.07, 6.45) is 3.90. The van der Waals surface area contributed by atoms with Gasteiger partial charge in [0.05, 0.1) is 6.61 Å². The molecule has 1 aromatic carbocycles. The topological polar surface area (TPSA) is 58.6 Å². The van der Waals surface area contributed by atoms with Crippen molar-refractivity contribution in [3.8, 4) is 0 Å². The van der Waals surface area contributed by atoms with Gasteiger partial charge in [-0.15, -0.1) is 0 Å². The Hall–Kier alpha value is -2.47. The lowest BCUT2D eigenvalue weighted by Crippen LogP contribution is -2.48. The summed E-state index contributed by atoms with van der Waals surface area (Å²) >= 11 is 0. The van der Waals surface area contributed by atoms with Gasteiger partial charge in [0.1, 0.15) is 12.1 Å². The minimum atomic E-state index is -0.450. The van der Waals surface area contributed by atoms with Gasteiger partial charge >= 0.3 is 0 Å². The Bertz CT molecular complexity index is 817. The van der Waals surface area contributed by atoms with E-state index in [2.05, 4.69) is 28.0 Å². The lowest BCUT2D eigenvalue weighted by molar-refractivity contribution is -0.146. The summed E-state index contributed by atoms with van der Waals surface area (Å²) < 4.78 is 5.86. The Morgan fingerprint density at radius 1 is 1.22 bits per heavy atom. The second-order valence-electron chi connectivity index (χ2n) is 7.38. The van der Waals surface area contributed by atoms with Crippen molar-refractivity contribution in [3.05, 3.63) is 53.5 Å². The Balaban J connectivity index is 1.40. The molecule has 1 amide bonds. The number of likely N-dealkylation sites (tertiary alicyclic amines) is 1. The van der Waals surface area contributed by atoms with E-state index in [1.54, 1.807) is 6.33 Å². The van der Waals surface area contributed by atoms with E-state index in [0.29, 0.717) is 12.6 Å². The third-order valence-electron chi connectivity index (χ3n) is 5.69. The van der Waals surface area contributed by atoms with E-state index in [-0.39, 0.29) is 5.91 Å². The van der Waals surface area contributed by atoms with Gasteiger partial charge in [-0.25, -0.2) is 9.97 Å². The van der Waals surface area contributed by atoms with Crippen molar-refractivity contribution in [1.29, 1.82) is 0 Å². The second kappa shape index (κ2) is 7.64. The highest BCUT2D eigenvalue weighted by Crippen LogP contribution is 2.30. The van der Waals surface area contributed by atoms with Crippen LogP contribution in [0.15, 0.2) is 36.7 Å². The first-order valence-electron chi connectivity index (χ1n) is 9.63. The Labute approximate surface area is 160 Å². The van der Waals surface area contributed by atoms with Crippen LogP contribution in [0.25, 0.3) is 0 Å². The molecule has 1 fully saturated rings. The molecule has 2 aromatic rings. The van der Waals surface area contributed by atoms with Gasteiger partial charge in [0.25, 0.3) is 5.91 Å². The van der Waals surface area contributed by atoms with Crippen LogP contribution < -0.4 is 4.90 Å². The SMILES string of the molecule is Cc1cc(N(C)C2CCN(C(=O)C3OCCc4ccccc43)CC2)ncn1. The number of nitrogens with zero attached hydrogens (tertiary/aromatic N) is 4. The number of ether oxygens (including phenoxy) is 1. The summed E-state index contributed by atoms with van der Waals surface area (Å²) in [5, 5.41) is 0. The number of aryl methyl sites for hydroxylation is 1. The number of rotatable bonds is 3. The van der Waals surface area contributed by atoms with E-state index in [4.69, 9.17) is 4.74 Å². The van der Waals surface area contributed by atoms with Crippen LogP contribution in [-0.4, -0.2) is 53.6 Å². The Morgan fingerprint density at radius 3 is 2.78 bits per heavy atom. The summed E-state index contributed by atoms with van der Waals surface area (Å²) in [7, 11) is 2.07. The number of amides is 1. The van der Waals surface area contributed by atoms with Crippen molar-refractivity contribution in [2.75, 3.05) is 31.6 Å². The molecule has 1 atom stereocenters. The monoisotopic (exact) mass is 366 g/mol. The first-order valence-corrected chi connectivity index (χ1v) is 9.63. The lowest BCUT2D eigenvalue weighted by atomic mass is 9.95. The van der Waals surface area contributed by atoms with Crippen molar-refractivity contribution in [3.63, 3.8) is 0 Å². The molecule has 0 bridgehead atoms. The van der Waals surface area contributed by atoms with E-state index in [1.165, 1.54) is 5.56 Å². The van der Waals surface area contributed by atoms with Crippen LogP contribution >= 0.6 is 0 Å². The molecule has 0 saturated carbocycles. The lowest BCUT2D eigenvalue weighted by Gasteiger charge is -2.39. The maximum Gasteiger partial charge on any atom is 0.256 e. The number of fused-ring (bicyclic) bond motifs is 1. The van der Waals surface area contributed by atoms with Crippen LogP contribution in [0.2, 0.25) is 0 Å². The van der Waals surface area contributed by atoms with Gasteiger partial charge in [0.15, 0.2) is 6.10 Å². The summed E-state index contributed by atoms with van der Waals surface area (Å²) in [5.74, 6) is 1.04. The molecule has 1 unspecified atom stereocenters. The number of hydrogen-bond acceptors (Lipinski definition) is 5. The Morgan fingerprint density at radius 2 is 2.00 bits per heavy atom.